The molecule has 0 fully saturated rings. The number of ether oxygens (including phenoxy) is 3. The molecule has 0 saturated carbocycles. The minimum Gasteiger partial charge on any atom is -0.493 e. The van der Waals surface area contributed by atoms with Crippen molar-refractivity contribution >= 4 is 17.7 Å². The van der Waals surface area contributed by atoms with Gasteiger partial charge in [-0.2, -0.15) is 0 Å². The average molecular weight is 281 g/mol. The van der Waals surface area contributed by atoms with E-state index in [0.717, 1.165) is 10.5 Å². The van der Waals surface area contributed by atoms with Crippen LogP contribution in [0.4, 0.5) is 0 Å². The number of methoxy groups -OCH3 is 2. The summed E-state index contributed by atoms with van der Waals surface area (Å²) in [5.41, 5.74) is 0.653. The first-order chi connectivity index (χ1) is 9.00. The molecule has 0 saturated heterocycles. The Bertz CT molecular complexity index is 512. The highest BCUT2D eigenvalue weighted by Gasteiger charge is 2.29. The van der Waals surface area contributed by atoms with E-state index in [1.807, 2.05) is 32.2 Å². The molecule has 4 nitrogen and oxygen atoms in total. The van der Waals surface area contributed by atoms with Gasteiger partial charge < -0.3 is 14.2 Å². The third-order valence-electron chi connectivity index (χ3n) is 2.88. The van der Waals surface area contributed by atoms with E-state index < -0.39 is 0 Å². The van der Waals surface area contributed by atoms with Crippen molar-refractivity contribution < 1.29 is 14.2 Å². The van der Waals surface area contributed by atoms with Crippen LogP contribution in [0.15, 0.2) is 22.0 Å². The van der Waals surface area contributed by atoms with Gasteiger partial charge in [-0.25, -0.2) is 4.99 Å². The Morgan fingerprint density at radius 1 is 1.26 bits per heavy atom. The molecule has 1 aromatic rings. The summed E-state index contributed by atoms with van der Waals surface area (Å²) in [5.74, 6) is 1.98. The molecule has 1 aliphatic heterocycles. The molecule has 19 heavy (non-hydrogen) atoms. The van der Waals surface area contributed by atoms with E-state index in [0.29, 0.717) is 24.0 Å². The molecule has 0 bridgehead atoms. The molecule has 1 aliphatic rings. The molecular weight excluding hydrogens is 262 g/mol. The summed E-state index contributed by atoms with van der Waals surface area (Å²) in [4.78, 5) is 5.69. The van der Waals surface area contributed by atoms with Crippen molar-refractivity contribution in [1.29, 1.82) is 0 Å². The van der Waals surface area contributed by atoms with Gasteiger partial charge in [0.2, 0.25) is 5.90 Å². The van der Waals surface area contributed by atoms with Crippen molar-refractivity contribution in [2.24, 2.45) is 4.99 Å². The van der Waals surface area contributed by atoms with E-state index >= 15 is 0 Å². The molecule has 0 amide bonds. The van der Waals surface area contributed by atoms with Gasteiger partial charge in [-0.3, -0.25) is 0 Å². The van der Waals surface area contributed by atoms with Gasteiger partial charge >= 0.3 is 0 Å². The van der Waals surface area contributed by atoms with Crippen LogP contribution >= 0.6 is 11.8 Å². The molecule has 1 heterocycles. The van der Waals surface area contributed by atoms with E-state index in [4.69, 9.17) is 14.2 Å². The van der Waals surface area contributed by atoms with Crippen molar-refractivity contribution in [3.63, 3.8) is 0 Å². The van der Waals surface area contributed by atoms with Gasteiger partial charge in [0.05, 0.1) is 25.3 Å². The maximum atomic E-state index is 5.70. The zero-order valence-electron chi connectivity index (χ0n) is 11.9. The second-order valence-corrected chi connectivity index (χ2v) is 5.81. The quantitative estimate of drug-likeness (QED) is 0.796. The lowest BCUT2D eigenvalue weighted by molar-refractivity contribution is 0.278. The van der Waals surface area contributed by atoms with E-state index in [1.165, 1.54) is 0 Å². The highest BCUT2D eigenvalue weighted by atomic mass is 32.2. The zero-order chi connectivity index (χ0) is 14.0. The summed E-state index contributed by atoms with van der Waals surface area (Å²) in [6.45, 7) is 4.67. The van der Waals surface area contributed by atoms with E-state index in [9.17, 15) is 0 Å². The van der Waals surface area contributed by atoms with Crippen LogP contribution in [0.2, 0.25) is 0 Å². The molecule has 5 heteroatoms. The first-order valence-corrected chi connectivity index (χ1v) is 7.26. The smallest absolute Gasteiger partial charge is 0.220 e. The van der Waals surface area contributed by atoms with Crippen LogP contribution in [0, 0.1) is 0 Å². The van der Waals surface area contributed by atoms with E-state index in [-0.39, 0.29) is 5.54 Å². The van der Waals surface area contributed by atoms with Crippen LogP contribution in [0.3, 0.4) is 0 Å². The molecule has 0 atom stereocenters. The lowest BCUT2D eigenvalue weighted by Gasteiger charge is -2.14. The fourth-order valence-electron chi connectivity index (χ4n) is 1.94. The highest BCUT2D eigenvalue weighted by molar-refractivity contribution is 7.98. The molecule has 0 aromatic heterocycles. The molecule has 0 spiro atoms. The fourth-order valence-corrected chi connectivity index (χ4v) is 2.40. The normalized spacial score (nSPS) is 16.8. The molecular formula is C14H19NO3S. The summed E-state index contributed by atoms with van der Waals surface area (Å²) in [7, 11) is 3.26. The minimum absolute atomic E-state index is 0.192. The monoisotopic (exact) mass is 281 g/mol. The Morgan fingerprint density at radius 3 is 2.47 bits per heavy atom. The van der Waals surface area contributed by atoms with Gasteiger partial charge in [0.25, 0.3) is 0 Å². The molecule has 0 unspecified atom stereocenters. The second-order valence-electron chi connectivity index (χ2n) is 4.93. The van der Waals surface area contributed by atoms with Gasteiger partial charge in [0, 0.05) is 4.90 Å². The summed E-state index contributed by atoms with van der Waals surface area (Å²) in [6.07, 6.45) is 2.02. The topological polar surface area (TPSA) is 40.0 Å². The SMILES string of the molecule is COc1cc(SC)cc(C2=NC(C)(C)CO2)c1OC. The number of hydrogen-bond donors (Lipinski definition) is 0. The first kappa shape index (κ1) is 14.1. The van der Waals surface area contributed by atoms with E-state index in [1.54, 1.807) is 26.0 Å². The molecule has 104 valence electrons. The predicted molar refractivity (Wildman–Crippen MR) is 77.9 cm³/mol. The lowest BCUT2D eigenvalue weighted by atomic mass is 10.1. The van der Waals surface area contributed by atoms with Gasteiger partial charge in [0.1, 0.15) is 6.61 Å². The largest absolute Gasteiger partial charge is 0.493 e. The second kappa shape index (κ2) is 5.33. The molecule has 0 N–H and O–H groups in total. The Morgan fingerprint density at radius 2 is 2.00 bits per heavy atom. The Labute approximate surface area is 118 Å². The third-order valence-corrected chi connectivity index (χ3v) is 3.59. The zero-order valence-corrected chi connectivity index (χ0v) is 12.8. The summed E-state index contributed by atoms with van der Waals surface area (Å²) in [6, 6.07) is 3.97. The third kappa shape index (κ3) is 2.81. The molecule has 2 rings (SSSR count). The van der Waals surface area contributed by atoms with Gasteiger partial charge in [-0.15, -0.1) is 11.8 Å². The summed E-state index contributed by atoms with van der Waals surface area (Å²) in [5, 5.41) is 0. The van der Waals surface area contributed by atoms with Crippen LogP contribution in [0.5, 0.6) is 11.5 Å². The fraction of sp³-hybridized carbons (Fsp3) is 0.500. The Hall–Kier alpha value is -1.36. The standard InChI is InChI=1S/C14H19NO3S/c1-14(2)8-18-13(15-14)10-6-9(19-5)7-11(16-3)12(10)17-4/h6-7H,8H2,1-5H3. The summed E-state index contributed by atoms with van der Waals surface area (Å²) < 4.78 is 16.5. The average Bonchev–Trinajstić information content (AvgIpc) is 2.77. The number of thioether (sulfide) groups is 1. The molecule has 0 aliphatic carbocycles. The number of benzene rings is 1. The highest BCUT2D eigenvalue weighted by Crippen LogP contribution is 2.37. The van der Waals surface area contributed by atoms with Crippen molar-refractivity contribution in [3.8, 4) is 11.5 Å². The van der Waals surface area contributed by atoms with E-state index in [2.05, 4.69) is 4.99 Å². The number of nitrogens with zero attached hydrogens (tertiary/aromatic N) is 1. The predicted octanol–water partition coefficient (Wildman–Crippen LogP) is 2.98. The summed E-state index contributed by atoms with van der Waals surface area (Å²) >= 11 is 1.64. The van der Waals surface area contributed by atoms with Crippen LogP contribution in [0.1, 0.15) is 19.4 Å². The van der Waals surface area contributed by atoms with Crippen molar-refractivity contribution in [1.82, 2.24) is 0 Å². The van der Waals surface area contributed by atoms with Crippen LogP contribution in [-0.4, -0.2) is 38.5 Å². The Kier molecular flexibility index (Phi) is 3.94. The first-order valence-electron chi connectivity index (χ1n) is 6.04. The number of rotatable bonds is 4. The van der Waals surface area contributed by atoms with Gasteiger partial charge in [0.15, 0.2) is 11.5 Å². The van der Waals surface area contributed by atoms with Crippen LogP contribution < -0.4 is 9.47 Å². The maximum Gasteiger partial charge on any atom is 0.220 e. The lowest BCUT2D eigenvalue weighted by Crippen LogP contribution is -2.17. The van der Waals surface area contributed by atoms with Crippen LogP contribution in [-0.2, 0) is 4.74 Å². The van der Waals surface area contributed by atoms with Gasteiger partial charge in [-0.1, -0.05) is 0 Å². The molecule has 1 aromatic carbocycles. The Balaban J connectivity index is 2.55. The number of hydrogen-bond acceptors (Lipinski definition) is 5. The van der Waals surface area contributed by atoms with Crippen molar-refractivity contribution in [3.05, 3.63) is 17.7 Å². The molecule has 0 radical (unpaired) electrons. The van der Waals surface area contributed by atoms with Crippen LogP contribution in [0.25, 0.3) is 0 Å². The maximum absolute atomic E-state index is 5.70. The number of aliphatic imine (C=N–C) groups is 1. The van der Waals surface area contributed by atoms with Crippen molar-refractivity contribution in [2.45, 2.75) is 24.3 Å². The van der Waals surface area contributed by atoms with Crippen molar-refractivity contribution in [2.75, 3.05) is 27.1 Å². The minimum atomic E-state index is -0.192. The van der Waals surface area contributed by atoms with Gasteiger partial charge in [-0.05, 0) is 32.2 Å².